The number of nitrogens with zero attached hydrogens (tertiary/aromatic N) is 5. The van der Waals surface area contributed by atoms with Gasteiger partial charge in [-0.2, -0.15) is 5.10 Å². The number of hydrogen-bond donors (Lipinski definition) is 1. The summed E-state index contributed by atoms with van der Waals surface area (Å²) in [4.78, 5) is 26.0. The Kier molecular flexibility index (Phi) is 4.39. The van der Waals surface area contributed by atoms with Gasteiger partial charge in [0.15, 0.2) is 10.8 Å². The van der Waals surface area contributed by atoms with Gasteiger partial charge in [-0.05, 0) is 26.8 Å². The van der Waals surface area contributed by atoms with Crippen LogP contribution in [0.25, 0.3) is 10.8 Å². The molecule has 0 unspecified atom stereocenters. The molecule has 1 N–H and O–H groups in total. The van der Waals surface area contributed by atoms with Crippen molar-refractivity contribution in [1.29, 1.82) is 0 Å². The summed E-state index contributed by atoms with van der Waals surface area (Å²) in [5, 5.41) is 7.87. The first kappa shape index (κ1) is 16.3. The van der Waals surface area contributed by atoms with E-state index in [1.165, 1.54) is 11.3 Å². The molecule has 0 aliphatic carbocycles. The maximum Gasteiger partial charge on any atom is 0.263 e. The number of thiazole rings is 1. The number of amides is 1. The van der Waals surface area contributed by atoms with Gasteiger partial charge in [-0.3, -0.25) is 9.48 Å². The van der Waals surface area contributed by atoms with Gasteiger partial charge in [0.2, 0.25) is 0 Å². The van der Waals surface area contributed by atoms with Gasteiger partial charge in [0.25, 0.3) is 5.91 Å². The fourth-order valence-electron chi connectivity index (χ4n) is 2.39. The van der Waals surface area contributed by atoms with E-state index in [0.717, 1.165) is 11.3 Å². The van der Waals surface area contributed by atoms with Crippen LogP contribution in [0.4, 0.5) is 0 Å². The van der Waals surface area contributed by atoms with Gasteiger partial charge in [-0.15, -0.1) is 11.3 Å². The summed E-state index contributed by atoms with van der Waals surface area (Å²) in [5.41, 5.74) is 2.71. The third kappa shape index (κ3) is 3.05. The first-order valence-corrected chi connectivity index (χ1v) is 8.33. The average Bonchev–Trinajstić information content (AvgIpc) is 3.12. The Hall–Kier alpha value is -2.61. The van der Waals surface area contributed by atoms with Crippen molar-refractivity contribution in [1.82, 2.24) is 30.0 Å². The quantitative estimate of drug-likeness (QED) is 0.787. The van der Waals surface area contributed by atoms with Crippen LogP contribution in [-0.4, -0.2) is 30.6 Å². The lowest BCUT2D eigenvalue weighted by molar-refractivity contribution is 0.0943. The molecule has 124 valence electrons. The molecule has 3 heterocycles. The highest BCUT2D eigenvalue weighted by Gasteiger charge is 2.20. The highest BCUT2D eigenvalue weighted by Crippen LogP contribution is 2.26. The number of hydrogen-bond acceptors (Lipinski definition) is 6. The molecular weight excluding hydrogens is 324 g/mol. The van der Waals surface area contributed by atoms with E-state index in [-0.39, 0.29) is 11.9 Å². The van der Waals surface area contributed by atoms with Crippen molar-refractivity contribution >= 4 is 17.2 Å². The van der Waals surface area contributed by atoms with Crippen LogP contribution in [0, 0.1) is 13.8 Å². The van der Waals surface area contributed by atoms with Crippen LogP contribution in [-0.2, 0) is 7.05 Å². The summed E-state index contributed by atoms with van der Waals surface area (Å²) in [5.74, 6) is 0.378. The molecular formula is C16H18N6OS. The van der Waals surface area contributed by atoms with Gasteiger partial charge in [-0.1, -0.05) is 0 Å². The van der Waals surface area contributed by atoms with Crippen LogP contribution in [0.5, 0.6) is 0 Å². The Bertz CT molecular complexity index is 870. The fourth-order valence-corrected chi connectivity index (χ4v) is 3.31. The molecule has 0 radical (unpaired) electrons. The first-order chi connectivity index (χ1) is 11.5. The Morgan fingerprint density at radius 1 is 1.29 bits per heavy atom. The van der Waals surface area contributed by atoms with E-state index in [1.54, 1.807) is 29.3 Å². The molecule has 0 aliphatic heterocycles. The van der Waals surface area contributed by atoms with Crippen molar-refractivity contribution in [2.45, 2.75) is 26.8 Å². The maximum atomic E-state index is 12.6. The van der Waals surface area contributed by atoms with Crippen molar-refractivity contribution in [3.63, 3.8) is 0 Å². The van der Waals surface area contributed by atoms with Crippen molar-refractivity contribution < 1.29 is 4.79 Å². The predicted molar refractivity (Wildman–Crippen MR) is 91.7 cm³/mol. The summed E-state index contributed by atoms with van der Waals surface area (Å²) in [6, 6.07) is 1.61. The molecule has 3 aromatic rings. The lowest BCUT2D eigenvalue weighted by Gasteiger charge is -2.13. The van der Waals surface area contributed by atoms with Crippen LogP contribution in [0.3, 0.4) is 0 Å². The van der Waals surface area contributed by atoms with Crippen molar-refractivity contribution in [3.8, 4) is 10.8 Å². The minimum atomic E-state index is -0.150. The monoisotopic (exact) mass is 342 g/mol. The zero-order valence-corrected chi connectivity index (χ0v) is 14.8. The topological polar surface area (TPSA) is 85.6 Å². The molecule has 3 rings (SSSR count). The summed E-state index contributed by atoms with van der Waals surface area (Å²) < 4.78 is 1.79. The molecule has 0 spiro atoms. The lowest BCUT2D eigenvalue weighted by Crippen LogP contribution is -2.26. The fraction of sp³-hybridized carbons (Fsp3) is 0.312. The summed E-state index contributed by atoms with van der Waals surface area (Å²) in [6.07, 6.45) is 5.10. The van der Waals surface area contributed by atoms with E-state index >= 15 is 0 Å². The molecule has 0 aliphatic rings. The molecule has 7 nitrogen and oxygen atoms in total. The van der Waals surface area contributed by atoms with Crippen molar-refractivity contribution in [3.05, 3.63) is 46.5 Å². The van der Waals surface area contributed by atoms with Gasteiger partial charge >= 0.3 is 0 Å². The Balaban J connectivity index is 1.81. The number of carbonyl (C=O) groups excluding carboxylic acids is 1. The molecule has 3 aromatic heterocycles. The van der Waals surface area contributed by atoms with Gasteiger partial charge < -0.3 is 5.32 Å². The standard InChI is InChI=1S/C16H18N6OS/c1-9(12-8-19-22(4)11(12)3)20-15(23)13-10(2)21-16(24-13)14-17-6-5-7-18-14/h5-9H,1-4H3,(H,20,23)/t9-/m0/s1. The summed E-state index contributed by atoms with van der Waals surface area (Å²) in [6.45, 7) is 5.74. The molecule has 8 heteroatoms. The summed E-state index contributed by atoms with van der Waals surface area (Å²) in [7, 11) is 1.88. The Labute approximate surface area is 143 Å². The zero-order valence-electron chi connectivity index (χ0n) is 13.9. The Morgan fingerprint density at radius 3 is 2.62 bits per heavy atom. The molecule has 0 aromatic carbocycles. The van der Waals surface area contributed by atoms with E-state index in [4.69, 9.17) is 0 Å². The first-order valence-electron chi connectivity index (χ1n) is 7.51. The van der Waals surface area contributed by atoms with Crippen LogP contribution in [0.15, 0.2) is 24.7 Å². The molecule has 0 fully saturated rings. The Morgan fingerprint density at radius 2 is 2.00 bits per heavy atom. The second kappa shape index (κ2) is 6.48. The van der Waals surface area contributed by atoms with E-state index in [0.29, 0.717) is 21.4 Å². The maximum absolute atomic E-state index is 12.6. The smallest absolute Gasteiger partial charge is 0.263 e. The number of rotatable bonds is 4. The average molecular weight is 342 g/mol. The normalized spacial score (nSPS) is 12.2. The highest BCUT2D eigenvalue weighted by atomic mass is 32.1. The van der Waals surface area contributed by atoms with Crippen LogP contribution >= 0.6 is 11.3 Å². The summed E-state index contributed by atoms with van der Waals surface area (Å²) >= 11 is 1.30. The molecule has 1 atom stereocenters. The number of aromatic nitrogens is 5. The minimum Gasteiger partial charge on any atom is -0.345 e. The third-order valence-corrected chi connectivity index (χ3v) is 5.00. The highest BCUT2D eigenvalue weighted by molar-refractivity contribution is 7.17. The van der Waals surface area contributed by atoms with E-state index in [1.807, 2.05) is 27.8 Å². The number of nitrogens with one attached hydrogen (secondary N) is 1. The molecule has 1 amide bonds. The number of aryl methyl sites for hydroxylation is 2. The van der Waals surface area contributed by atoms with Crippen molar-refractivity contribution in [2.75, 3.05) is 0 Å². The van der Waals surface area contributed by atoms with E-state index in [2.05, 4.69) is 25.4 Å². The van der Waals surface area contributed by atoms with E-state index in [9.17, 15) is 4.79 Å². The van der Waals surface area contributed by atoms with Gasteiger partial charge in [0.05, 0.1) is 17.9 Å². The third-order valence-electron chi connectivity index (χ3n) is 3.85. The molecule has 0 bridgehead atoms. The van der Waals surface area contributed by atoms with E-state index < -0.39 is 0 Å². The molecule has 0 saturated heterocycles. The van der Waals surface area contributed by atoms with Gasteiger partial charge in [0.1, 0.15) is 4.88 Å². The molecule has 0 saturated carbocycles. The number of carbonyl (C=O) groups is 1. The van der Waals surface area contributed by atoms with Gasteiger partial charge in [0, 0.05) is 30.7 Å². The second-order valence-corrected chi connectivity index (χ2v) is 6.51. The minimum absolute atomic E-state index is 0.135. The van der Waals surface area contributed by atoms with Gasteiger partial charge in [-0.25, -0.2) is 15.0 Å². The molecule has 24 heavy (non-hydrogen) atoms. The van der Waals surface area contributed by atoms with Crippen LogP contribution < -0.4 is 5.32 Å². The predicted octanol–water partition coefficient (Wildman–Crippen LogP) is 2.44. The van der Waals surface area contributed by atoms with Crippen LogP contribution in [0.2, 0.25) is 0 Å². The van der Waals surface area contributed by atoms with Crippen molar-refractivity contribution in [2.24, 2.45) is 7.05 Å². The SMILES string of the molecule is Cc1nc(-c2ncccn2)sc1C(=O)N[C@@H](C)c1cnn(C)c1C. The lowest BCUT2D eigenvalue weighted by atomic mass is 10.1. The second-order valence-electron chi connectivity index (χ2n) is 5.51. The van der Waals surface area contributed by atoms with Crippen LogP contribution in [0.1, 0.15) is 39.6 Å². The largest absolute Gasteiger partial charge is 0.345 e. The zero-order chi connectivity index (χ0) is 17.3.